The van der Waals surface area contributed by atoms with E-state index in [0.717, 1.165) is 30.9 Å². The number of hydrogen-bond acceptors (Lipinski definition) is 2. The summed E-state index contributed by atoms with van der Waals surface area (Å²) in [5, 5.41) is 18.7. The SMILES string of the molecule is [2H]c1c([2H])c(C(=N)N=C(N=Cn2c3c([2H])c([2H])c([2H])c([2H])c3c3c([2H])c([2H])c([2H])c([2H])c32)n2c3c([2H])c([2H])c([2H])c([2H])c3c3c([2H])c([2H])c([2H])c([2H])c32)c([2H])c([Si](c2ccccc2)(c2ccccc2)c2ccccc2)c1[2H].[2H]c1cc([Si](c2ccccc2)(c2ccccc2)c2c([2H])c([2H])c([2H])c(C(=N)N=C(N=Cn3c4c([2H])c([2H])c([2H])c([2H])c4c4c([2H])c([2H])c([2H])c([2H])c43)n3c4c([2H])c([2H])c([2H])c([2H])c4c4c([2H])c([2H])c([2H])c([2H])c43)c2[2H])c([2H])c([2H])c1[2H]. The summed E-state index contributed by atoms with van der Waals surface area (Å²) < 4.78 is 399. The Morgan fingerprint density at radius 3 is 0.789 bits per heavy atom. The first-order valence-corrected chi connectivity index (χ1v) is 38.7. The molecule has 0 radical (unpaired) electrons. The van der Waals surface area contributed by atoms with Gasteiger partial charge in [0.25, 0.3) is 0 Å². The molecule has 0 saturated carbocycles. The van der Waals surface area contributed by atoms with Crippen LogP contribution in [0.2, 0.25) is 0 Å². The van der Waals surface area contributed by atoms with Gasteiger partial charge in [-0.05, 0) is 89.8 Å². The molecule has 0 aliphatic rings. The smallest absolute Gasteiger partial charge is 0.238 e. The van der Waals surface area contributed by atoms with E-state index in [1.165, 1.54) is 6.07 Å². The molecule has 16 aromatic carbocycles. The van der Waals surface area contributed by atoms with Crippen LogP contribution in [0.25, 0.3) is 87.2 Å². The normalized spacial score (nSPS) is 17.7. The number of benzene rings is 16. The number of aliphatic imine (C=N–C) groups is 4. The first-order chi connectivity index (χ1) is 74.7. The standard InChI is InChI=1S/2C51H37N5Si/c2*52-50(37-19-18-26-41(35-37)57(38-20-4-1-5-21-38,39-22-6-2-7-23-39)40-24-8-3-9-25-40)54-51(56-48-33-16-12-29-44(48)45-30-13-17-34-49(45)56)53-36-55-46-31-14-10-27-42(46)43-28-11-15-32-47(43)55/h2*1-36,52H/i1D,4D,5D,10D,11D,12D,13D,14D,15D,16D,17D,18D,19D,20D,26D,27D,28D,29D,30D,31D,32D,33D,34D,35D;10D,11D,12D,13D,14D,15D,16D,17D,18D,19D,26D,27D,28D,29D,30D,31D,32D,33D,34D,35D. The van der Waals surface area contributed by atoms with E-state index in [0.29, 0.717) is 25.9 Å². The molecule has 10 nitrogen and oxygen atoms in total. The Morgan fingerprint density at radius 1 is 0.246 bits per heavy atom. The van der Waals surface area contributed by atoms with Crippen LogP contribution < -0.4 is 41.5 Å². The fraction of sp³-hybridized carbons (Fsp3) is 0. The molecule has 0 bridgehead atoms. The van der Waals surface area contributed by atoms with Gasteiger partial charge in [0.15, 0.2) is 27.8 Å². The number of nitrogens with zero attached hydrogens (tertiary/aromatic N) is 8. The molecule has 0 saturated heterocycles. The van der Waals surface area contributed by atoms with Crippen LogP contribution >= 0.6 is 0 Å². The van der Waals surface area contributed by atoms with Gasteiger partial charge in [-0.1, -0.05) is 375 Å². The van der Waals surface area contributed by atoms with Crippen molar-refractivity contribution in [2.24, 2.45) is 20.0 Å². The van der Waals surface area contributed by atoms with Gasteiger partial charge in [-0.2, -0.15) is 9.98 Å². The topological polar surface area (TPSA) is 117 Å². The first-order valence-electron chi connectivity index (χ1n) is 56.7. The van der Waals surface area contributed by atoms with Crippen molar-refractivity contribution in [2.75, 3.05) is 0 Å². The highest BCUT2D eigenvalue weighted by Gasteiger charge is 2.43. The lowest BCUT2D eigenvalue weighted by Crippen LogP contribution is -2.74. The highest BCUT2D eigenvalue weighted by atomic mass is 28.3. The highest BCUT2D eigenvalue weighted by Crippen LogP contribution is 2.34. The lowest BCUT2D eigenvalue weighted by molar-refractivity contribution is 1.20. The summed E-state index contributed by atoms with van der Waals surface area (Å²) in [6.07, 6.45) is 1.55. The number of amidine groups is 2. The molecule has 0 spiro atoms. The number of fused-ring (bicyclic) bond motifs is 12. The zero-order valence-corrected chi connectivity index (χ0v) is 60.7. The second kappa shape index (κ2) is 30.2. The van der Waals surface area contributed by atoms with Crippen LogP contribution in [-0.4, -0.2) is 70.7 Å². The van der Waals surface area contributed by atoms with Crippen molar-refractivity contribution < 1.29 is 60.3 Å². The van der Waals surface area contributed by atoms with Gasteiger partial charge in [0.2, 0.25) is 11.9 Å². The van der Waals surface area contributed by atoms with Crippen LogP contribution in [0.3, 0.4) is 0 Å². The molecule has 0 atom stereocenters. The van der Waals surface area contributed by atoms with Gasteiger partial charge in [0, 0.05) is 54.2 Å². The predicted molar refractivity (Wildman–Crippen MR) is 485 cm³/mol. The largest absolute Gasteiger partial charge is 0.300 e. The van der Waals surface area contributed by atoms with Crippen LogP contribution in [-0.2, 0) is 0 Å². The average Bonchev–Trinajstić information content (AvgIpc) is 1.67. The molecular weight excluding hydrogens is 1420 g/mol. The second-order valence-corrected chi connectivity index (χ2v) is 32.5. The van der Waals surface area contributed by atoms with Crippen molar-refractivity contribution in [2.45, 2.75) is 0 Å². The Balaban J connectivity index is 0.000000196. The van der Waals surface area contributed by atoms with Gasteiger partial charge in [-0.15, -0.1) is 0 Å². The lowest BCUT2D eigenvalue weighted by atomic mass is 10.2. The molecule has 540 valence electrons. The van der Waals surface area contributed by atoms with Gasteiger partial charge >= 0.3 is 0 Å². The number of para-hydroxylation sites is 8. The molecule has 0 fully saturated rings. The molecule has 4 aromatic heterocycles. The van der Waals surface area contributed by atoms with Crippen molar-refractivity contribution in [3.63, 3.8) is 0 Å². The van der Waals surface area contributed by atoms with Gasteiger partial charge in [0.05, 0.1) is 104 Å². The Morgan fingerprint density at radius 2 is 0.491 bits per heavy atom. The summed E-state index contributed by atoms with van der Waals surface area (Å²) >= 11 is 0. The van der Waals surface area contributed by atoms with Crippen molar-refractivity contribution >= 4 is 181 Å². The van der Waals surface area contributed by atoms with Crippen LogP contribution in [0.15, 0.2) is 444 Å². The summed E-state index contributed by atoms with van der Waals surface area (Å²) in [6, 6.07) is 11.2. The number of hydrogen-bond donors (Lipinski definition) is 2. The summed E-state index contributed by atoms with van der Waals surface area (Å²) in [5.74, 6) is -4.04. The maximum Gasteiger partial charge on any atom is 0.238 e. The van der Waals surface area contributed by atoms with E-state index < -0.39 is 393 Å². The number of rotatable bonds is 12. The Bertz CT molecular complexity index is 9510. The van der Waals surface area contributed by atoms with Crippen molar-refractivity contribution in [1.82, 2.24) is 18.3 Å². The first kappa shape index (κ1) is 36.8. The number of aromatic nitrogens is 4. The van der Waals surface area contributed by atoms with E-state index in [1.807, 2.05) is 36.4 Å². The Hall–Kier alpha value is -14.8. The third-order valence-electron chi connectivity index (χ3n) is 19.1. The Labute approximate surface area is 723 Å². The van der Waals surface area contributed by atoms with E-state index >= 15 is 0 Å². The molecule has 0 aliphatic heterocycles. The highest BCUT2D eigenvalue weighted by molar-refractivity contribution is 7.20. The predicted octanol–water partition coefficient (Wildman–Crippen LogP) is 18.2. The average molecular weight is 1540 g/mol. The summed E-state index contributed by atoms with van der Waals surface area (Å²) in [7, 11) is -8.51. The molecule has 4 heterocycles. The van der Waals surface area contributed by atoms with E-state index in [-0.39, 0.29) is 26.3 Å². The fourth-order valence-electron chi connectivity index (χ4n) is 14.2. The summed E-state index contributed by atoms with van der Waals surface area (Å²) in [4.78, 5) is 18.1. The maximum atomic E-state index is 10.2. The zero-order valence-electron chi connectivity index (χ0n) is 103. The lowest BCUT2D eigenvalue weighted by Gasteiger charge is -2.34. The van der Waals surface area contributed by atoms with Crippen molar-refractivity contribution in [3.8, 4) is 0 Å². The Kier molecular flexibility index (Phi) is 9.75. The number of nitrogens with one attached hydrogen (secondary N) is 2. The van der Waals surface area contributed by atoms with Crippen LogP contribution in [0.1, 0.15) is 71.4 Å². The molecule has 114 heavy (non-hydrogen) atoms. The third-order valence-corrected chi connectivity index (χ3v) is 28.1. The van der Waals surface area contributed by atoms with E-state index in [1.54, 1.807) is 115 Å². The molecule has 20 aromatic rings. The molecule has 2 N–H and O–H groups in total. The summed E-state index contributed by atoms with van der Waals surface area (Å²) in [5.41, 5.74) is -5.52. The van der Waals surface area contributed by atoms with Crippen LogP contribution in [0.5, 0.6) is 0 Å². The molecule has 0 amide bonds. The third kappa shape index (κ3) is 12.2. The van der Waals surface area contributed by atoms with Crippen LogP contribution in [0, 0.1) is 10.8 Å². The quantitative estimate of drug-likeness (QED) is 0.0525. The van der Waals surface area contributed by atoms with Gasteiger partial charge < -0.3 is 0 Å². The minimum atomic E-state index is -4.57. The minimum Gasteiger partial charge on any atom is -0.300 e. The molecule has 0 aliphatic carbocycles. The second-order valence-electron chi connectivity index (χ2n) is 25.1. The molecule has 12 heteroatoms. The molecule has 0 unspecified atom stereocenters. The van der Waals surface area contributed by atoms with Crippen molar-refractivity contribution in [1.29, 1.82) is 10.8 Å². The van der Waals surface area contributed by atoms with E-state index in [4.69, 9.17) is 42.5 Å². The molecular formula is C102H74N10Si2. The zero-order chi connectivity index (χ0) is 115. The van der Waals surface area contributed by atoms with Crippen molar-refractivity contribution in [3.05, 3.63) is 435 Å². The summed E-state index contributed by atoms with van der Waals surface area (Å²) in [6.45, 7) is 0. The maximum absolute atomic E-state index is 10.2. The monoisotopic (exact) mass is 1540 g/mol. The van der Waals surface area contributed by atoms with Gasteiger partial charge in [0.1, 0.15) is 12.7 Å². The fourth-order valence-corrected chi connectivity index (χ4v) is 23.0. The molecule has 20 rings (SSSR count). The van der Waals surface area contributed by atoms with E-state index in [9.17, 15) is 28.6 Å². The van der Waals surface area contributed by atoms with Gasteiger partial charge in [-0.3, -0.25) is 29.1 Å². The van der Waals surface area contributed by atoms with Gasteiger partial charge in [-0.25, -0.2) is 9.98 Å². The minimum absolute atomic E-state index is 0.0178. The van der Waals surface area contributed by atoms with E-state index in [2.05, 4.69) is 20.0 Å². The van der Waals surface area contributed by atoms with Crippen LogP contribution in [0.4, 0.5) is 0 Å².